The van der Waals surface area contributed by atoms with E-state index in [1.807, 2.05) is 30.0 Å². The van der Waals surface area contributed by atoms with E-state index < -0.39 is 10.0 Å². The molecule has 26 heavy (non-hydrogen) atoms. The first-order chi connectivity index (χ1) is 12.6. The van der Waals surface area contributed by atoms with E-state index in [0.29, 0.717) is 32.0 Å². The van der Waals surface area contributed by atoms with Crippen molar-refractivity contribution < 1.29 is 8.42 Å². The van der Waals surface area contributed by atoms with Crippen LogP contribution < -0.4 is 10.2 Å². The third-order valence-corrected chi connectivity index (χ3v) is 6.15. The lowest BCUT2D eigenvalue weighted by molar-refractivity contribution is 0.383. The summed E-state index contributed by atoms with van der Waals surface area (Å²) in [6.07, 6.45) is 0. The summed E-state index contributed by atoms with van der Waals surface area (Å²) in [6.45, 7) is 4.46. The minimum absolute atomic E-state index is 0.0609. The molecular formula is C17H20N6O2S. The summed E-state index contributed by atoms with van der Waals surface area (Å²) >= 11 is 0. The number of aromatic nitrogens is 2. The van der Waals surface area contributed by atoms with Gasteiger partial charge < -0.3 is 10.2 Å². The van der Waals surface area contributed by atoms with E-state index in [9.17, 15) is 8.42 Å². The monoisotopic (exact) mass is 372 g/mol. The maximum Gasteiger partial charge on any atom is 0.244 e. The Labute approximate surface area is 153 Å². The fourth-order valence-corrected chi connectivity index (χ4v) is 4.41. The van der Waals surface area contributed by atoms with E-state index in [1.54, 1.807) is 12.1 Å². The van der Waals surface area contributed by atoms with E-state index in [2.05, 4.69) is 15.5 Å². The first-order valence-corrected chi connectivity index (χ1v) is 9.82. The average Bonchev–Trinajstić information content (AvgIpc) is 2.69. The Bertz CT molecular complexity index is 900. The standard InChI is InChI=1S/C17H20N6O2S/c1-2-19-16-7-8-17(21-20-16)22-9-11-23(12-10-22)26(24,25)15-6-4-3-5-14(15)13-18/h3-8H,2,9-12H2,1H3,(H,19,20). The smallest absolute Gasteiger partial charge is 0.244 e. The number of sulfonamides is 1. The third kappa shape index (κ3) is 3.61. The van der Waals surface area contributed by atoms with Crippen molar-refractivity contribution in [1.82, 2.24) is 14.5 Å². The minimum Gasteiger partial charge on any atom is -0.369 e. The van der Waals surface area contributed by atoms with Crippen molar-refractivity contribution in [3.63, 3.8) is 0 Å². The van der Waals surface area contributed by atoms with Crippen LogP contribution in [-0.2, 0) is 10.0 Å². The number of anilines is 2. The third-order valence-electron chi connectivity index (χ3n) is 4.20. The van der Waals surface area contributed by atoms with Crippen molar-refractivity contribution in [2.75, 3.05) is 42.9 Å². The number of nitrogens with zero attached hydrogens (tertiary/aromatic N) is 5. The molecule has 0 amide bonds. The predicted octanol–water partition coefficient (Wildman–Crippen LogP) is 1.29. The lowest BCUT2D eigenvalue weighted by Crippen LogP contribution is -2.49. The van der Waals surface area contributed by atoms with Gasteiger partial charge in [0.15, 0.2) is 5.82 Å². The molecule has 8 nitrogen and oxygen atoms in total. The van der Waals surface area contributed by atoms with Gasteiger partial charge in [-0.25, -0.2) is 8.42 Å². The van der Waals surface area contributed by atoms with Crippen molar-refractivity contribution in [3.8, 4) is 6.07 Å². The molecular weight excluding hydrogens is 352 g/mol. The topological polar surface area (TPSA) is 102 Å². The number of hydrogen-bond donors (Lipinski definition) is 1. The molecule has 0 radical (unpaired) electrons. The molecule has 136 valence electrons. The maximum atomic E-state index is 12.8. The Morgan fingerprint density at radius 1 is 1.12 bits per heavy atom. The van der Waals surface area contributed by atoms with Gasteiger partial charge in [0.05, 0.1) is 10.5 Å². The summed E-state index contributed by atoms with van der Waals surface area (Å²) in [7, 11) is -3.69. The molecule has 0 atom stereocenters. The highest BCUT2D eigenvalue weighted by Gasteiger charge is 2.30. The summed E-state index contributed by atoms with van der Waals surface area (Å²) in [5, 5.41) is 20.6. The van der Waals surface area contributed by atoms with Crippen LogP contribution in [0.5, 0.6) is 0 Å². The molecule has 0 aliphatic carbocycles. The molecule has 1 aliphatic rings. The van der Waals surface area contributed by atoms with Crippen LogP contribution in [0.25, 0.3) is 0 Å². The second-order valence-corrected chi connectivity index (χ2v) is 7.71. The molecule has 1 N–H and O–H groups in total. The number of nitriles is 1. The number of benzene rings is 1. The molecule has 0 spiro atoms. The Morgan fingerprint density at radius 2 is 1.85 bits per heavy atom. The summed E-state index contributed by atoms with van der Waals surface area (Å²) in [5.41, 5.74) is 0.166. The molecule has 1 saturated heterocycles. The molecule has 2 heterocycles. The normalized spacial score (nSPS) is 15.5. The zero-order valence-corrected chi connectivity index (χ0v) is 15.3. The SMILES string of the molecule is CCNc1ccc(N2CCN(S(=O)(=O)c3ccccc3C#N)CC2)nn1. The molecule has 0 saturated carbocycles. The number of piperazine rings is 1. The molecule has 1 aromatic carbocycles. The zero-order valence-electron chi connectivity index (χ0n) is 14.5. The summed E-state index contributed by atoms with van der Waals surface area (Å²) in [4.78, 5) is 2.07. The van der Waals surface area contributed by atoms with E-state index in [4.69, 9.17) is 5.26 Å². The first-order valence-electron chi connectivity index (χ1n) is 8.38. The second kappa shape index (κ2) is 7.68. The van der Waals surface area contributed by atoms with Crippen LogP contribution in [0, 0.1) is 11.3 Å². The van der Waals surface area contributed by atoms with Gasteiger partial charge in [-0.3, -0.25) is 0 Å². The highest BCUT2D eigenvalue weighted by atomic mass is 32.2. The van der Waals surface area contributed by atoms with Gasteiger partial charge in [-0.1, -0.05) is 12.1 Å². The van der Waals surface area contributed by atoms with Crippen LogP contribution in [0.4, 0.5) is 11.6 Å². The van der Waals surface area contributed by atoms with Crippen molar-refractivity contribution in [2.45, 2.75) is 11.8 Å². The number of hydrogen-bond acceptors (Lipinski definition) is 7. The lowest BCUT2D eigenvalue weighted by Gasteiger charge is -2.34. The highest BCUT2D eigenvalue weighted by Crippen LogP contribution is 2.22. The Kier molecular flexibility index (Phi) is 5.35. The quantitative estimate of drug-likeness (QED) is 0.844. The molecule has 0 bridgehead atoms. The van der Waals surface area contributed by atoms with Crippen LogP contribution in [0.1, 0.15) is 12.5 Å². The van der Waals surface area contributed by atoms with Gasteiger partial charge in [-0.05, 0) is 31.2 Å². The van der Waals surface area contributed by atoms with Gasteiger partial charge in [0.1, 0.15) is 11.9 Å². The fraction of sp³-hybridized carbons (Fsp3) is 0.353. The van der Waals surface area contributed by atoms with Crippen LogP contribution in [-0.4, -0.2) is 55.6 Å². The average molecular weight is 372 g/mol. The number of rotatable bonds is 5. The molecule has 3 rings (SSSR count). The van der Waals surface area contributed by atoms with E-state index in [-0.39, 0.29) is 10.5 Å². The van der Waals surface area contributed by atoms with Gasteiger partial charge in [0.2, 0.25) is 10.0 Å². The molecule has 1 aromatic heterocycles. The van der Waals surface area contributed by atoms with Gasteiger partial charge in [0.25, 0.3) is 0 Å². The van der Waals surface area contributed by atoms with E-state index in [1.165, 1.54) is 16.4 Å². The van der Waals surface area contributed by atoms with Crippen LogP contribution in [0.2, 0.25) is 0 Å². The van der Waals surface area contributed by atoms with Gasteiger partial charge in [-0.15, -0.1) is 10.2 Å². The predicted molar refractivity (Wildman–Crippen MR) is 98.3 cm³/mol. The van der Waals surface area contributed by atoms with E-state index in [0.717, 1.165) is 12.4 Å². The van der Waals surface area contributed by atoms with E-state index >= 15 is 0 Å². The molecule has 0 unspecified atom stereocenters. The highest BCUT2D eigenvalue weighted by molar-refractivity contribution is 7.89. The first kappa shape index (κ1) is 18.1. The summed E-state index contributed by atoms with van der Waals surface area (Å²) in [6, 6.07) is 12.0. The lowest BCUT2D eigenvalue weighted by atomic mass is 10.2. The van der Waals surface area contributed by atoms with Crippen molar-refractivity contribution in [3.05, 3.63) is 42.0 Å². The second-order valence-electron chi connectivity index (χ2n) is 5.81. The van der Waals surface area contributed by atoms with Gasteiger partial charge in [-0.2, -0.15) is 9.57 Å². The van der Waals surface area contributed by atoms with Crippen molar-refractivity contribution >= 4 is 21.7 Å². The van der Waals surface area contributed by atoms with Crippen LogP contribution in [0.15, 0.2) is 41.3 Å². The van der Waals surface area contributed by atoms with Crippen molar-refractivity contribution in [1.29, 1.82) is 5.26 Å². The van der Waals surface area contributed by atoms with Gasteiger partial charge >= 0.3 is 0 Å². The molecule has 1 aliphatic heterocycles. The number of nitrogens with one attached hydrogen (secondary N) is 1. The largest absolute Gasteiger partial charge is 0.369 e. The summed E-state index contributed by atoms with van der Waals surface area (Å²) in [5.74, 6) is 1.44. The van der Waals surface area contributed by atoms with Crippen LogP contribution >= 0.6 is 0 Å². The minimum atomic E-state index is -3.69. The molecule has 9 heteroatoms. The molecule has 2 aromatic rings. The van der Waals surface area contributed by atoms with Crippen LogP contribution in [0.3, 0.4) is 0 Å². The summed E-state index contributed by atoms with van der Waals surface area (Å²) < 4.78 is 27.1. The van der Waals surface area contributed by atoms with Crippen molar-refractivity contribution in [2.24, 2.45) is 0 Å². The molecule has 1 fully saturated rings. The Balaban J connectivity index is 1.71. The van der Waals surface area contributed by atoms with Gasteiger partial charge in [0, 0.05) is 32.7 Å². The zero-order chi connectivity index (χ0) is 18.6. The Hall–Kier alpha value is -2.70. The fourth-order valence-electron chi connectivity index (χ4n) is 2.85. The Morgan fingerprint density at radius 3 is 2.46 bits per heavy atom. The maximum absolute atomic E-state index is 12.8.